The van der Waals surface area contributed by atoms with Gasteiger partial charge < -0.3 is 25.3 Å². The summed E-state index contributed by atoms with van der Waals surface area (Å²) in [5.74, 6) is -3.80. The van der Waals surface area contributed by atoms with E-state index in [1.165, 1.54) is 25.4 Å². The van der Waals surface area contributed by atoms with E-state index in [9.17, 15) is 27.2 Å². The van der Waals surface area contributed by atoms with Gasteiger partial charge in [-0.15, -0.1) is 13.2 Å². The molecular weight excluding hydrogens is 486 g/mol. The summed E-state index contributed by atoms with van der Waals surface area (Å²) in [5, 5.41) is 1.83. The molecule has 3 rings (SSSR count). The predicted molar refractivity (Wildman–Crippen MR) is 112 cm³/mol. The van der Waals surface area contributed by atoms with Gasteiger partial charge >= 0.3 is 6.36 Å². The molecule has 0 atom stereocenters. The normalized spacial score (nSPS) is 11.0. The number of benzene rings is 2. The van der Waals surface area contributed by atoms with Crippen LogP contribution in [0, 0.1) is 5.82 Å². The number of aromatic nitrogens is 1. The predicted octanol–water partition coefficient (Wildman–Crippen LogP) is 4.92. The number of nitrogens with one attached hydrogen (secondary N) is 1. The highest BCUT2D eigenvalue weighted by Gasteiger charge is 2.31. The van der Waals surface area contributed by atoms with Gasteiger partial charge in [-0.2, -0.15) is 0 Å². The largest absolute Gasteiger partial charge is 0.573 e. The number of nitrogens with zero attached hydrogens (tertiary/aromatic N) is 1. The van der Waals surface area contributed by atoms with E-state index in [2.05, 4.69) is 15.0 Å². The van der Waals surface area contributed by atoms with E-state index in [-0.39, 0.29) is 28.6 Å². The van der Waals surface area contributed by atoms with Crippen molar-refractivity contribution in [2.75, 3.05) is 12.4 Å². The Hall–Kier alpha value is -4.06. The fraction of sp³-hybridized carbons (Fsp3) is 0.0952. The van der Waals surface area contributed by atoms with Crippen molar-refractivity contribution in [2.45, 2.75) is 6.36 Å². The zero-order valence-corrected chi connectivity index (χ0v) is 17.8. The SMILES string of the molecule is COc1cc(OC(F)(F)F)ccc1Oc1ccc(F)c(Cl)c1C(=O)Nc1ccnc(C(N)=O)c1. The van der Waals surface area contributed by atoms with Crippen molar-refractivity contribution in [1.29, 1.82) is 0 Å². The van der Waals surface area contributed by atoms with E-state index < -0.39 is 40.3 Å². The molecule has 0 radical (unpaired) electrons. The first kappa shape index (κ1) is 24.6. The van der Waals surface area contributed by atoms with Crippen molar-refractivity contribution < 1.29 is 41.4 Å². The molecule has 3 aromatic rings. The lowest BCUT2D eigenvalue weighted by atomic mass is 10.1. The molecule has 2 aromatic carbocycles. The number of carbonyl (C=O) groups is 2. The van der Waals surface area contributed by atoms with Gasteiger partial charge in [0.1, 0.15) is 28.6 Å². The number of ether oxygens (including phenoxy) is 3. The average molecular weight is 500 g/mol. The Labute approximate surface area is 194 Å². The first-order chi connectivity index (χ1) is 16.0. The summed E-state index contributed by atoms with van der Waals surface area (Å²) in [5.41, 5.74) is 4.70. The number of carbonyl (C=O) groups excluding carboxylic acids is 2. The Morgan fingerprint density at radius 3 is 2.41 bits per heavy atom. The molecule has 0 bridgehead atoms. The van der Waals surface area contributed by atoms with E-state index in [1.54, 1.807) is 0 Å². The van der Waals surface area contributed by atoms with Crippen LogP contribution in [0.25, 0.3) is 0 Å². The zero-order valence-electron chi connectivity index (χ0n) is 17.1. The fourth-order valence-electron chi connectivity index (χ4n) is 2.71. The van der Waals surface area contributed by atoms with Gasteiger partial charge in [0.15, 0.2) is 11.5 Å². The Morgan fingerprint density at radius 2 is 1.76 bits per heavy atom. The second-order valence-electron chi connectivity index (χ2n) is 6.45. The number of nitrogens with two attached hydrogens (primary N) is 1. The second-order valence-corrected chi connectivity index (χ2v) is 6.82. The maximum atomic E-state index is 14.1. The molecule has 0 aliphatic carbocycles. The molecule has 34 heavy (non-hydrogen) atoms. The molecule has 0 aliphatic rings. The average Bonchev–Trinajstić information content (AvgIpc) is 2.76. The number of anilines is 1. The fourth-order valence-corrected chi connectivity index (χ4v) is 2.96. The molecule has 0 saturated carbocycles. The van der Waals surface area contributed by atoms with Gasteiger partial charge in [-0.1, -0.05) is 11.6 Å². The summed E-state index contributed by atoms with van der Waals surface area (Å²) in [6.45, 7) is 0. The van der Waals surface area contributed by atoms with Gasteiger partial charge in [0, 0.05) is 18.0 Å². The van der Waals surface area contributed by atoms with Crippen LogP contribution in [-0.2, 0) is 0 Å². The van der Waals surface area contributed by atoms with Gasteiger partial charge in [-0.3, -0.25) is 14.6 Å². The molecule has 8 nitrogen and oxygen atoms in total. The van der Waals surface area contributed by atoms with Gasteiger partial charge in [-0.05, 0) is 36.4 Å². The maximum Gasteiger partial charge on any atom is 0.573 e. The molecule has 0 saturated heterocycles. The lowest BCUT2D eigenvalue weighted by Crippen LogP contribution is -2.17. The van der Waals surface area contributed by atoms with Crippen LogP contribution in [-0.4, -0.2) is 30.3 Å². The highest BCUT2D eigenvalue weighted by atomic mass is 35.5. The minimum Gasteiger partial charge on any atom is -0.493 e. The van der Waals surface area contributed by atoms with Crippen molar-refractivity contribution in [3.63, 3.8) is 0 Å². The lowest BCUT2D eigenvalue weighted by molar-refractivity contribution is -0.274. The minimum absolute atomic E-state index is 0.103. The molecule has 1 heterocycles. The van der Waals surface area contributed by atoms with E-state index in [0.29, 0.717) is 0 Å². The van der Waals surface area contributed by atoms with Crippen LogP contribution >= 0.6 is 11.6 Å². The summed E-state index contributed by atoms with van der Waals surface area (Å²) < 4.78 is 66.0. The highest BCUT2D eigenvalue weighted by molar-refractivity contribution is 6.35. The number of rotatable bonds is 7. The second kappa shape index (κ2) is 9.83. The number of primary amides is 1. The van der Waals surface area contributed by atoms with Crippen molar-refractivity contribution in [2.24, 2.45) is 5.73 Å². The Morgan fingerprint density at radius 1 is 1.06 bits per heavy atom. The van der Waals surface area contributed by atoms with E-state index in [1.807, 2.05) is 0 Å². The number of pyridine rings is 1. The van der Waals surface area contributed by atoms with E-state index >= 15 is 0 Å². The molecule has 0 aliphatic heterocycles. The molecule has 2 amide bonds. The summed E-state index contributed by atoms with van der Waals surface area (Å²) in [6.07, 6.45) is -3.71. The molecule has 0 fully saturated rings. The van der Waals surface area contributed by atoms with Crippen molar-refractivity contribution in [1.82, 2.24) is 4.98 Å². The number of amides is 2. The smallest absolute Gasteiger partial charge is 0.493 e. The topological polar surface area (TPSA) is 113 Å². The third kappa shape index (κ3) is 5.84. The Bertz CT molecular complexity index is 1250. The summed E-state index contributed by atoms with van der Waals surface area (Å²) in [7, 11) is 1.17. The number of methoxy groups -OCH3 is 1. The van der Waals surface area contributed by atoms with Crippen molar-refractivity contribution in [3.05, 3.63) is 70.8 Å². The third-order valence-electron chi connectivity index (χ3n) is 4.14. The lowest BCUT2D eigenvalue weighted by Gasteiger charge is -2.16. The van der Waals surface area contributed by atoms with Crippen LogP contribution in [0.2, 0.25) is 5.02 Å². The van der Waals surface area contributed by atoms with Crippen LogP contribution < -0.4 is 25.3 Å². The molecule has 0 unspecified atom stereocenters. The van der Waals surface area contributed by atoms with Gasteiger partial charge in [0.05, 0.1) is 12.1 Å². The van der Waals surface area contributed by atoms with Crippen molar-refractivity contribution >= 4 is 29.1 Å². The van der Waals surface area contributed by atoms with Crippen molar-refractivity contribution in [3.8, 4) is 23.0 Å². The zero-order chi connectivity index (χ0) is 25.0. The van der Waals surface area contributed by atoms with Gasteiger partial charge in [0.2, 0.25) is 0 Å². The Balaban J connectivity index is 1.95. The van der Waals surface area contributed by atoms with E-state index in [0.717, 1.165) is 30.3 Å². The minimum atomic E-state index is -4.93. The molecule has 1 aromatic heterocycles. The van der Waals surface area contributed by atoms with Gasteiger partial charge in [0.25, 0.3) is 11.8 Å². The quantitative estimate of drug-likeness (QED) is 0.446. The Kier molecular flexibility index (Phi) is 7.11. The summed E-state index contributed by atoms with van der Waals surface area (Å²) in [4.78, 5) is 27.9. The van der Waals surface area contributed by atoms with Crippen LogP contribution in [0.15, 0.2) is 48.7 Å². The molecule has 3 N–H and O–H groups in total. The van der Waals surface area contributed by atoms with Crippen LogP contribution in [0.3, 0.4) is 0 Å². The molecular formula is C21H14ClF4N3O5. The number of halogens is 5. The molecule has 0 spiro atoms. The molecule has 13 heteroatoms. The molecule has 178 valence electrons. The number of alkyl halides is 3. The summed E-state index contributed by atoms with van der Waals surface area (Å²) in [6, 6.07) is 7.53. The third-order valence-corrected chi connectivity index (χ3v) is 4.51. The standard InChI is InChI=1S/C21H14ClF4N3O5/c1-32-16-9-11(34-21(24,25)26)2-4-14(16)33-15-5-3-12(23)18(22)17(15)20(31)29-10-6-7-28-13(8-10)19(27)30/h2-9H,1H3,(H2,27,30)(H,28,29,31). The first-order valence-electron chi connectivity index (χ1n) is 9.15. The van der Waals surface area contributed by atoms with Crippen LogP contribution in [0.1, 0.15) is 20.8 Å². The van der Waals surface area contributed by atoms with Crippen LogP contribution in [0.5, 0.6) is 23.0 Å². The maximum absolute atomic E-state index is 14.1. The highest BCUT2D eigenvalue weighted by Crippen LogP contribution is 2.39. The van der Waals surface area contributed by atoms with E-state index in [4.69, 9.17) is 26.8 Å². The van der Waals surface area contributed by atoms with Gasteiger partial charge in [-0.25, -0.2) is 4.39 Å². The number of hydrogen-bond donors (Lipinski definition) is 2. The summed E-state index contributed by atoms with van der Waals surface area (Å²) >= 11 is 6.00. The number of hydrogen-bond acceptors (Lipinski definition) is 6. The first-order valence-corrected chi connectivity index (χ1v) is 9.53. The monoisotopic (exact) mass is 499 g/mol. The van der Waals surface area contributed by atoms with Crippen LogP contribution in [0.4, 0.5) is 23.2 Å².